The van der Waals surface area contributed by atoms with Gasteiger partial charge in [0.1, 0.15) is 0 Å². The molecule has 0 aliphatic carbocycles. The fourth-order valence-corrected chi connectivity index (χ4v) is 5.00. The molecule has 0 aromatic heterocycles. The second kappa shape index (κ2) is 7.79. The Bertz CT molecular complexity index is 1030. The summed E-state index contributed by atoms with van der Waals surface area (Å²) in [5.74, 6) is -0.542. The van der Waals surface area contributed by atoms with Crippen molar-refractivity contribution in [1.82, 2.24) is 9.21 Å². The molecular weight excluding hydrogens is 405 g/mol. The van der Waals surface area contributed by atoms with Gasteiger partial charge in [0.15, 0.2) is 0 Å². The summed E-state index contributed by atoms with van der Waals surface area (Å²) >= 11 is 0. The van der Waals surface area contributed by atoms with Crippen molar-refractivity contribution >= 4 is 15.9 Å². The predicted octanol–water partition coefficient (Wildman–Crippen LogP) is 3.47. The minimum atomic E-state index is -4.53. The number of piperazine rings is 1. The van der Waals surface area contributed by atoms with Gasteiger partial charge in [0.25, 0.3) is 5.91 Å². The van der Waals surface area contributed by atoms with Crippen LogP contribution in [-0.2, 0) is 16.2 Å². The highest BCUT2D eigenvalue weighted by Gasteiger charge is 2.33. The van der Waals surface area contributed by atoms with Crippen molar-refractivity contribution in [1.29, 1.82) is 0 Å². The number of rotatable bonds is 3. The molecule has 0 N–H and O–H groups in total. The third kappa shape index (κ3) is 4.45. The van der Waals surface area contributed by atoms with Gasteiger partial charge in [0.05, 0.1) is 10.5 Å². The lowest BCUT2D eigenvalue weighted by molar-refractivity contribution is -0.137. The maximum Gasteiger partial charge on any atom is 0.416 e. The number of alkyl halides is 3. The van der Waals surface area contributed by atoms with Crippen molar-refractivity contribution < 1.29 is 26.4 Å². The normalized spacial score (nSPS) is 16.1. The summed E-state index contributed by atoms with van der Waals surface area (Å²) in [4.78, 5) is 14.2. The zero-order valence-electron chi connectivity index (χ0n) is 16.0. The summed E-state index contributed by atoms with van der Waals surface area (Å²) in [6.07, 6.45) is -4.53. The molecule has 3 rings (SSSR count). The molecule has 0 radical (unpaired) electrons. The molecule has 1 aliphatic heterocycles. The fraction of sp³-hybridized carbons (Fsp3) is 0.350. The van der Waals surface area contributed by atoms with Gasteiger partial charge in [-0.25, -0.2) is 8.42 Å². The molecule has 1 heterocycles. The molecule has 1 amide bonds. The van der Waals surface area contributed by atoms with E-state index >= 15 is 0 Å². The van der Waals surface area contributed by atoms with Gasteiger partial charge >= 0.3 is 6.18 Å². The Morgan fingerprint density at radius 3 is 2.21 bits per heavy atom. The third-order valence-electron chi connectivity index (χ3n) is 4.91. The summed E-state index contributed by atoms with van der Waals surface area (Å²) in [5.41, 5.74) is 0.648. The Labute approximate surface area is 167 Å². The maximum atomic E-state index is 12.9. The Kier molecular flexibility index (Phi) is 5.73. The van der Waals surface area contributed by atoms with E-state index in [9.17, 15) is 26.4 Å². The van der Waals surface area contributed by atoms with Gasteiger partial charge in [0.2, 0.25) is 10.0 Å². The number of hydrogen-bond acceptors (Lipinski definition) is 3. The molecule has 1 saturated heterocycles. The van der Waals surface area contributed by atoms with Gasteiger partial charge in [-0.2, -0.15) is 17.5 Å². The lowest BCUT2D eigenvalue weighted by Crippen LogP contribution is -2.50. The molecule has 0 saturated carbocycles. The Hall–Kier alpha value is -2.39. The summed E-state index contributed by atoms with van der Waals surface area (Å²) < 4.78 is 65.8. The van der Waals surface area contributed by atoms with E-state index in [1.165, 1.54) is 21.3 Å². The second-order valence-corrected chi connectivity index (χ2v) is 8.95. The Morgan fingerprint density at radius 1 is 0.966 bits per heavy atom. The molecule has 2 aromatic rings. The minimum absolute atomic E-state index is 0.0643. The zero-order chi connectivity index (χ0) is 21.4. The molecule has 0 spiro atoms. The molecular formula is C20H21F3N2O3S. The van der Waals surface area contributed by atoms with E-state index in [0.717, 1.165) is 17.7 Å². The van der Waals surface area contributed by atoms with Crippen LogP contribution >= 0.6 is 0 Å². The average Bonchev–Trinajstić information content (AvgIpc) is 2.66. The van der Waals surface area contributed by atoms with Crippen LogP contribution in [0.15, 0.2) is 47.4 Å². The van der Waals surface area contributed by atoms with Crippen LogP contribution in [0.4, 0.5) is 13.2 Å². The summed E-state index contributed by atoms with van der Waals surface area (Å²) in [5, 5.41) is 0. The number of halogens is 3. The van der Waals surface area contributed by atoms with Gasteiger partial charge in [-0.1, -0.05) is 23.8 Å². The van der Waals surface area contributed by atoms with Gasteiger partial charge in [0, 0.05) is 31.7 Å². The quantitative estimate of drug-likeness (QED) is 0.755. The molecule has 9 heteroatoms. The highest BCUT2D eigenvalue weighted by molar-refractivity contribution is 7.89. The maximum absolute atomic E-state index is 12.9. The summed E-state index contributed by atoms with van der Waals surface area (Å²) in [6, 6.07) is 9.34. The van der Waals surface area contributed by atoms with Crippen LogP contribution in [0.3, 0.4) is 0 Å². The number of benzene rings is 2. The number of aryl methyl sites for hydroxylation is 2. The molecule has 29 heavy (non-hydrogen) atoms. The predicted molar refractivity (Wildman–Crippen MR) is 102 cm³/mol. The van der Waals surface area contributed by atoms with E-state index in [2.05, 4.69) is 0 Å². The first kappa shape index (κ1) is 21.3. The van der Waals surface area contributed by atoms with Crippen molar-refractivity contribution in [2.24, 2.45) is 0 Å². The van der Waals surface area contributed by atoms with Crippen molar-refractivity contribution in [2.45, 2.75) is 24.9 Å². The zero-order valence-corrected chi connectivity index (χ0v) is 16.8. The van der Waals surface area contributed by atoms with Gasteiger partial charge < -0.3 is 4.90 Å². The third-order valence-corrected chi connectivity index (χ3v) is 6.97. The van der Waals surface area contributed by atoms with Gasteiger partial charge in [-0.05, 0) is 43.7 Å². The number of carbonyl (C=O) groups excluding carboxylic acids is 1. The van der Waals surface area contributed by atoms with Crippen LogP contribution < -0.4 is 0 Å². The van der Waals surface area contributed by atoms with Gasteiger partial charge in [-0.15, -0.1) is 0 Å². The molecule has 1 fully saturated rings. The van der Waals surface area contributed by atoms with Crippen molar-refractivity contribution in [2.75, 3.05) is 26.2 Å². The summed E-state index contributed by atoms with van der Waals surface area (Å²) in [6.45, 7) is 3.99. The first-order valence-electron chi connectivity index (χ1n) is 9.04. The van der Waals surface area contributed by atoms with Crippen LogP contribution in [0.5, 0.6) is 0 Å². The van der Waals surface area contributed by atoms with Crippen LogP contribution in [0.1, 0.15) is 27.0 Å². The highest BCUT2D eigenvalue weighted by atomic mass is 32.2. The largest absolute Gasteiger partial charge is 0.416 e. The number of nitrogens with zero attached hydrogens (tertiary/aromatic N) is 2. The molecule has 0 bridgehead atoms. The van der Waals surface area contributed by atoms with Crippen molar-refractivity contribution in [3.8, 4) is 0 Å². The monoisotopic (exact) mass is 426 g/mol. The van der Waals surface area contributed by atoms with E-state index in [1.54, 1.807) is 25.1 Å². The Balaban J connectivity index is 1.73. The second-order valence-electron chi connectivity index (χ2n) is 7.04. The minimum Gasteiger partial charge on any atom is -0.336 e. The number of hydrogen-bond donors (Lipinski definition) is 0. The summed E-state index contributed by atoms with van der Waals surface area (Å²) in [7, 11) is -3.70. The lowest BCUT2D eigenvalue weighted by atomic mass is 10.1. The Morgan fingerprint density at radius 2 is 1.62 bits per heavy atom. The first-order valence-corrected chi connectivity index (χ1v) is 10.5. The van der Waals surface area contributed by atoms with Crippen LogP contribution in [-0.4, -0.2) is 49.7 Å². The van der Waals surface area contributed by atoms with Crippen molar-refractivity contribution in [3.63, 3.8) is 0 Å². The van der Waals surface area contributed by atoms with Gasteiger partial charge in [-0.3, -0.25) is 4.79 Å². The molecule has 0 unspecified atom stereocenters. The SMILES string of the molecule is Cc1ccc(S(=O)(=O)N2CCN(C(=O)c3cccc(C(F)(F)F)c3)CC2)c(C)c1. The molecule has 156 valence electrons. The van der Waals surface area contributed by atoms with E-state index in [-0.39, 0.29) is 36.6 Å². The molecule has 5 nitrogen and oxygen atoms in total. The average molecular weight is 426 g/mol. The lowest BCUT2D eigenvalue weighted by Gasteiger charge is -2.34. The smallest absolute Gasteiger partial charge is 0.336 e. The molecule has 2 aromatic carbocycles. The molecule has 1 aliphatic rings. The molecule has 0 atom stereocenters. The van der Waals surface area contributed by atoms with E-state index in [4.69, 9.17) is 0 Å². The van der Waals surface area contributed by atoms with Crippen LogP contribution in [0, 0.1) is 13.8 Å². The van der Waals surface area contributed by atoms with Crippen LogP contribution in [0.25, 0.3) is 0 Å². The fourth-order valence-electron chi connectivity index (χ4n) is 3.37. The number of amides is 1. The number of sulfonamides is 1. The van der Waals surface area contributed by atoms with Crippen molar-refractivity contribution in [3.05, 3.63) is 64.7 Å². The van der Waals surface area contributed by atoms with E-state index < -0.39 is 27.7 Å². The standard InChI is InChI=1S/C20H21F3N2O3S/c1-14-6-7-18(15(2)12-14)29(27,28)25-10-8-24(9-11-25)19(26)16-4-3-5-17(13-16)20(21,22)23/h3-7,12-13H,8-11H2,1-2H3. The van der Waals surface area contributed by atoms with E-state index in [1.807, 2.05) is 6.92 Å². The number of carbonyl (C=O) groups is 1. The topological polar surface area (TPSA) is 57.7 Å². The van der Waals surface area contributed by atoms with Crippen LogP contribution in [0.2, 0.25) is 0 Å². The highest BCUT2D eigenvalue weighted by Crippen LogP contribution is 2.30. The first-order chi connectivity index (χ1) is 13.5. The van der Waals surface area contributed by atoms with E-state index in [0.29, 0.717) is 5.56 Å².